The van der Waals surface area contributed by atoms with Crippen molar-refractivity contribution in [2.45, 2.75) is 37.8 Å². The summed E-state index contributed by atoms with van der Waals surface area (Å²) in [6.45, 7) is 5.42. The van der Waals surface area contributed by atoms with Crippen LogP contribution in [0.15, 0.2) is 71.6 Å². The highest BCUT2D eigenvalue weighted by Gasteiger charge is 2.38. The van der Waals surface area contributed by atoms with E-state index in [-0.39, 0.29) is 36.3 Å². The monoisotopic (exact) mass is 555 g/mol. The Labute approximate surface area is 229 Å². The Kier molecular flexibility index (Phi) is 8.58. The van der Waals surface area contributed by atoms with Crippen molar-refractivity contribution in [1.29, 1.82) is 0 Å². The van der Waals surface area contributed by atoms with Gasteiger partial charge in [0.25, 0.3) is 0 Å². The van der Waals surface area contributed by atoms with Gasteiger partial charge in [-0.15, -0.1) is 0 Å². The van der Waals surface area contributed by atoms with Gasteiger partial charge in [-0.2, -0.15) is 4.31 Å². The molecule has 4 rings (SSSR count). The normalized spacial score (nSPS) is 19.6. The Morgan fingerprint density at radius 3 is 2.41 bits per heavy atom. The molecule has 3 aromatic carbocycles. The molecule has 8 nitrogen and oxygen atoms in total. The number of hydrogen-bond acceptors (Lipinski definition) is 5. The fourth-order valence-corrected chi connectivity index (χ4v) is 6.30. The van der Waals surface area contributed by atoms with Gasteiger partial charge in [0.2, 0.25) is 10.0 Å². The molecule has 2 amide bonds. The minimum absolute atomic E-state index is 0.00831. The van der Waals surface area contributed by atoms with Crippen LogP contribution < -0.4 is 10.1 Å². The van der Waals surface area contributed by atoms with Gasteiger partial charge in [-0.25, -0.2) is 17.6 Å². The summed E-state index contributed by atoms with van der Waals surface area (Å²) >= 11 is 0. The van der Waals surface area contributed by atoms with Crippen molar-refractivity contribution in [3.05, 3.63) is 78.1 Å². The van der Waals surface area contributed by atoms with E-state index in [4.69, 9.17) is 4.74 Å². The third kappa shape index (κ3) is 6.41. The second-order valence-corrected chi connectivity index (χ2v) is 11.9. The number of rotatable bonds is 6. The Balaban J connectivity index is 1.68. The first-order chi connectivity index (χ1) is 18.5. The van der Waals surface area contributed by atoms with E-state index >= 15 is 0 Å². The van der Waals surface area contributed by atoms with E-state index in [9.17, 15) is 22.7 Å². The van der Waals surface area contributed by atoms with Crippen LogP contribution in [0.1, 0.15) is 19.4 Å². The number of urea groups is 1. The van der Waals surface area contributed by atoms with Crippen LogP contribution in [0.5, 0.6) is 5.75 Å². The number of likely N-dealkylation sites (N-methyl/N-ethyl adjacent to an activating group) is 1. The predicted molar refractivity (Wildman–Crippen MR) is 149 cm³/mol. The molecule has 0 saturated carbocycles. The highest BCUT2D eigenvalue weighted by molar-refractivity contribution is 7.89. The van der Waals surface area contributed by atoms with Crippen LogP contribution in [0.3, 0.4) is 0 Å². The van der Waals surface area contributed by atoms with Gasteiger partial charge in [-0.3, -0.25) is 0 Å². The molecule has 1 heterocycles. The number of aliphatic hydroxyl groups is 1. The number of nitrogens with one attached hydrogen (secondary N) is 1. The summed E-state index contributed by atoms with van der Waals surface area (Å²) in [4.78, 5) is 14.3. The van der Waals surface area contributed by atoms with Gasteiger partial charge in [0.1, 0.15) is 22.6 Å². The second kappa shape index (κ2) is 11.7. The average Bonchev–Trinajstić information content (AvgIpc) is 2.91. The standard InChI is InChI=1S/C29H34FN3O5S/c1-19-5-7-22(8-6-19)23-9-14-28-26(15-23)38-27(20(2)16-33(21(3)18-34)39(28,36)37)17-32(4)29(35)31-25-12-10-24(30)11-13-25/h5-15,20-21,27,34H,16-18H2,1-4H3,(H,31,35)/t20-,21-,27-/m0/s1. The van der Waals surface area contributed by atoms with E-state index in [1.54, 1.807) is 26.1 Å². The maximum atomic E-state index is 13.7. The third-order valence-corrected chi connectivity index (χ3v) is 8.97. The lowest BCUT2D eigenvalue weighted by atomic mass is 10.0. The molecule has 1 aliphatic heterocycles. The van der Waals surface area contributed by atoms with Crippen LogP contribution in [0.2, 0.25) is 0 Å². The zero-order valence-corrected chi connectivity index (χ0v) is 23.3. The van der Waals surface area contributed by atoms with E-state index in [0.717, 1.165) is 16.7 Å². The van der Waals surface area contributed by atoms with Gasteiger partial charge in [0.05, 0.1) is 13.2 Å². The molecular weight excluding hydrogens is 521 g/mol. The van der Waals surface area contributed by atoms with Crippen LogP contribution in [-0.2, 0) is 10.0 Å². The number of carbonyl (C=O) groups excluding carboxylic acids is 1. The lowest BCUT2D eigenvalue weighted by Crippen LogP contribution is -2.50. The van der Waals surface area contributed by atoms with Gasteiger partial charge < -0.3 is 20.1 Å². The van der Waals surface area contributed by atoms with E-state index in [1.807, 2.05) is 38.1 Å². The molecular formula is C29H34FN3O5S. The summed E-state index contributed by atoms with van der Waals surface area (Å²) in [6.07, 6.45) is -0.565. The van der Waals surface area contributed by atoms with Crippen molar-refractivity contribution in [1.82, 2.24) is 9.21 Å². The number of nitrogens with zero attached hydrogens (tertiary/aromatic N) is 2. The summed E-state index contributed by atoms with van der Waals surface area (Å²) in [6, 6.07) is 17.3. The van der Waals surface area contributed by atoms with Crippen molar-refractivity contribution < 1.29 is 27.4 Å². The molecule has 208 valence electrons. The zero-order valence-electron chi connectivity index (χ0n) is 22.5. The smallest absolute Gasteiger partial charge is 0.321 e. The molecule has 0 saturated heterocycles. The fourth-order valence-electron chi connectivity index (χ4n) is 4.47. The second-order valence-electron chi connectivity index (χ2n) is 10.1. The van der Waals surface area contributed by atoms with Crippen LogP contribution in [0.25, 0.3) is 11.1 Å². The lowest BCUT2D eigenvalue weighted by molar-refractivity contribution is 0.0830. The average molecular weight is 556 g/mol. The molecule has 0 unspecified atom stereocenters. The molecule has 1 aliphatic rings. The molecule has 2 N–H and O–H groups in total. The number of benzene rings is 3. The maximum absolute atomic E-state index is 13.7. The van der Waals surface area contributed by atoms with Crippen molar-refractivity contribution >= 4 is 21.7 Å². The zero-order chi connectivity index (χ0) is 28.3. The van der Waals surface area contributed by atoms with Gasteiger partial charge in [-0.05, 0) is 61.4 Å². The minimum atomic E-state index is -3.98. The largest absolute Gasteiger partial charge is 0.487 e. The van der Waals surface area contributed by atoms with Crippen molar-refractivity contribution in [2.75, 3.05) is 32.1 Å². The molecule has 0 radical (unpaired) electrons. The SMILES string of the molecule is Cc1ccc(-c2ccc3c(c2)O[C@@H](CN(C)C(=O)Nc2ccc(F)cc2)[C@@H](C)CN([C@@H](C)CO)S3(=O)=O)cc1. The topological polar surface area (TPSA) is 99.2 Å². The maximum Gasteiger partial charge on any atom is 0.321 e. The van der Waals surface area contributed by atoms with Crippen molar-refractivity contribution in [3.63, 3.8) is 0 Å². The molecule has 0 bridgehead atoms. The van der Waals surface area contributed by atoms with E-state index in [1.165, 1.54) is 39.5 Å². The first-order valence-corrected chi connectivity index (χ1v) is 14.2. The summed E-state index contributed by atoms with van der Waals surface area (Å²) in [5.41, 5.74) is 3.25. The highest BCUT2D eigenvalue weighted by Crippen LogP contribution is 2.36. The van der Waals surface area contributed by atoms with Gasteiger partial charge in [0.15, 0.2) is 0 Å². The minimum Gasteiger partial charge on any atom is -0.487 e. The number of sulfonamides is 1. The third-order valence-electron chi connectivity index (χ3n) is 6.95. The van der Waals surface area contributed by atoms with Crippen molar-refractivity contribution in [3.8, 4) is 16.9 Å². The molecule has 3 aromatic rings. The molecule has 3 atom stereocenters. The summed E-state index contributed by atoms with van der Waals surface area (Å²) in [5, 5.41) is 12.6. The van der Waals surface area contributed by atoms with Crippen LogP contribution in [0.4, 0.5) is 14.9 Å². The van der Waals surface area contributed by atoms with Gasteiger partial charge >= 0.3 is 6.03 Å². The van der Waals surface area contributed by atoms with Crippen molar-refractivity contribution in [2.24, 2.45) is 5.92 Å². The number of anilines is 1. The molecule has 0 spiro atoms. The Bertz CT molecular complexity index is 1410. The Hall–Kier alpha value is -3.47. The quantitative estimate of drug-likeness (QED) is 0.458. The molecule has 0 aliphatic carbocycles. The van der Waals surface area contributed by atoms with Crippen LogP contribution in [-0.4, -0.2) is 67.7 Å². The van der Waals surface area contributed by atoms with Crippen LogP contribution >= 0.6 is 0 Å². The van der Waals surface area contributed by atoms with E-state index in [0.29, 0.717) is 5.69 Å². The van der Waals surface area contributed by atoms with Gasteiger partial charge in [-0.1, -0.05) is 42.8 Å². The predicted octanol–water partition coefficient (Wildman–Crippen LogP) is 4.73. The summed E-state index contributed by atoms with van der Waals surface area (Å²) < 4.78 is 48.4. The highest BCUT2D eigenvalue weighted by atomic mass is 32.2. The number of carbonyl (C=O) groups is 1. The molecule has 0 aromatic heterocycles. The van der Waals surface area contributed by atoms with E-state index in [2.05, 4.69) is 5.32 Å². The Morgan fingerprint density at radius 2 is 1.77 bits per heavy atom. The summed E-state index contributed by atoms with van der Waals surface area (Å²) in [7, 11) is -2.37. The molecule has 39 heavy (non-hydrogen) atoms. The number of aliphatic hydroxyl groups excluding tert-OH is 1. The number of aryl methyl sites for hydroxylation is 1. The number of halogens is 1. The van der Waals surface area contributed by atoms with E-state index < -0.39 is 34.0 Å². The molecule has 10 heteroatoms. The first-order valence-electron chi connectivity index (χ1n) is 12.8. The fraction of sp³-hybridized carbons (Fsp3) is 0.345. The number of amides is 2. The van der Waals surface area contributed by atoms with Gasteiger partial charge in [0, 0.05) is 31.2 Å². The molecule has 0 fully saturated rings. The number of fused-ring (bicyclic) bond motifs is 1. The lowest BCUT2D eigenvalue weighted by Gasteiger charge is -2.37. The first kappa shape index (κ1) is 28.5. The summed E-state index contributed by atoms with van der Waals surface area (Å²) in [5.74, 6) is -0.545. The number of ether oxygens (including phenoxy) is 1. The Morgan fingerprint density at radius 1 is 1.13 bits per heavy atom. The number of hydrogen-bond donors (Lipinski definition) is 2. The van der Waals surface area contributed by atoms with Crippen LogP contribution in [0, 0.1) is 18.7 Å².